The molecule has 0 bridgehead atoms. The lowest BCUT2D eigenvalue weighted by Gasteiger charge is -2.34. The van der Waals surface area contributed by atoms with Gasteiger partial charge in [-0.05, 0) is 85.8 Å². The Kier molecular flexibility index (Phi) is 8.42. The number of halogens is 1. The number of likely N-dealkylation sites (tertiary alicyclic amines) is 1. The molecule has 3 aromatic rings. The highest BCUT2D eigenvalue weighted by atomic mass is 19.1. The van der Waals surface area contributed by atoms with Crippen LogP contribution < -0.4 is 0 Å². The summed E-state index contributed by atoms with van der Waals surface area (Å²) in [6, 6.07) is 20.6. The molecule has 6 nitrogen and oxygen atoms in total. The summed E-state index contributed by atoms with van der Waals surface area (Å²) in [4.78, 5) is 24.4. The molecule has 2 fully saturated rings. The highest BCUT2D eigenvalue weighted by Gasteiger charge is 2.23. The minimum Gasteiger partial charge on any atom is -0.336 e. The van der Waals surface area contributed by atoms with Crippen molar-refractivity contribution in [3.63, 3.8) is 0 Å². The van der Waals surface area contributed by atoms with Gasteiger partial charge in [-0.15, -0.1) is 0 Å². The summed E-state index contributed by atoms with van der Waals surface area (Å²) in [5.41, 5.74) is 4.74. The molecule has 0 spiro atoms. The van der Waals surface area contributed by atoms with Gasteiger partial charge in [-0.25, -0.2) is 4.39 Å². The van der Waals surface area contributed by atoms with Crippen molar-refractivity contribution in [3.8, 4) is 6.07 Å². The van der Waals surface area contributed by atoms with Crippen LogP contribution in [0.3, 0.4) is 0 Å². The molecule has 0 N–H and O–H groups in total. The van der Waals surface area contributed by atoms with Gasteiger partial charge in [0.1, 0.15) is 5.82 Å². The lowest BCUT2D eigenvalue weighted by Crippen LogP contribution is -2.48. The molecule has 0 saturated carbocycles. The van der Waals surface area contributed by atoms with Crippen LogP contribution in [0.15, 0.2) is 66.9 Å². The fourth-order valence-electron chi connectivity index (χ4n) is 5.40. The van der Waals surface area contributed by atoms with E-state index in [0.717, 1.165) is 69.8 Å². The summed E-state index contributed by atoms with van der Waals surface area (Å²) in [6.45, 7) is 6.80. The Morgan fingerprint density at radius 1 is 0.842 bits per heavy atom. The molecular formula is C31H34FN5O. The Morgan fingerprint density at radius 2 is 1.45 bits per heavy atom. The van der Waals surface area contributed by atoms with Crippen LogP contribution in [0.1, 0.15) is 45.6 Å². The summed E-state index contributed by atoms with van der Waals surface area (Å²) in [7, 11) is 0. The van der Waals surface area contributed by atoms with E-state index in [1.54, 1.807) is 6.20 Å². The van der Waals surface area contributed by atoms with Gasteiger partial charge in [-0.1, -0.05) is 24.3 Å². The van der Waals surface area contributed by atoms with Crippen LogP contribution in [-0.4, -0.2) is 64.9 Å². The molecule has 2 saturated heterocycles. The topological polar surface area (TPSA) is 63.5 Å². The van der Waals surface area contributed by atoms with E-state index in [0.29, 0.717) is 30.1 Å². The number of rotatable bonds is 7. The second-order valence-corrected chi connectivity index (χ2v) is 10.5. The van der Waals surface area contributed by atoms with Crippen molar-refractivity contribution in [3.05, 3.63) is 101 Å². The molecule has 2 aromatic carbocycles. The fraction of sp³-hybridized carbons (Fsp3) is 0.387. The SMILES string of the molecule is N#Cc1ccc(CN2CCC(Cc3ccc(C(=O)N4CCN(Cc5ccc(F)cc5)CC4)cn3)CC2)cc1. The number of nitriles is 1. The third-order valence-electron chi connectivity index (χ3n) is 7.74. The van der Waals surface area contributed by atoms with Crippen LogP contribution in [0.25, 0.3) is 0 Å². The van der Waals surface area contributed by atoms with Gasteiger partial charge in [-0.3, -0.25) is 19.6 Å². The largest absolute Gasteiger partial charge is 0.336 e. The van der Waals surface area contributed by atoms with Gasteiger partial charge >= 0.3 is 0 Å². The van der Waals surface area contributed by atoms with E-state index >= 15 is 0 Å². The van der Waals surface area contributed by atoms with Gasteiger partial charge in [-0.2, -0.15) is 5.26 Å². The van der Waals surface area contributed by atoms with E-state index in [9.17, 15) is 9.18 Å². The molecule has 0 unspecified atom stereocenters. The van der Waals surface area contributed by atoms with E-state index < -0.39 is 0 Å². The summed E-state index contributed by atoms with van der Waals surface area (Å²) >= 11 is 0. The molecule has 0 atom stereocenters. The van der Waals surface area contributed by atoms with Crippen LogP contribution in [0, 0.1) is 23.1 Å². The second kappa shape index (κ2) is 12.3. The molecule has 0 aliphatic carbocycles. The third kappa shape index (κ3) is 6.83. The van der Waals surface area contributed by atoms with Crippen LogP contribution in [-0.2, 0) is 19.5 Å². The molecule has 38 heavy (non-hydrogen) atoms. The first kappa shape index (κ1) is 26.0. The summed E-state index contributed by atoms with van der Waals surface area (Å²) < 4.78 is 13.1. The molecule has 5 rings (SSSR count). The Labute approximate surface area is 224 Å². The zero-order valence-corrected chi connectivity index (χ0v) is 21.7. The molecule has 0 radical (unpaired) electrons. The first-order chi connectivity index (χ1) is 18.6. The number of hydrogen-bond donors (Lipinski definition) is 0. The average molecular weight is 512 g/mol. The number of aromatic nitrogens is 1. The number of piperidine rings is 1. The number of hydrogen-bond acceptors (Lipinski definition) is 5. The van der Waals surface area contributed by atoms with Crippen molar-refractivity contribution in [1.82, 2.24) is 19.7 Å². The van der Waals surface area contributed by atoms with Crippen LogP contribution in [0.5, 0.6) is 0 Å². The van der Waals surface area contributed by atoms with E-state index in [-0.39, 0.29) is 11.7 Å². The Morgan fingerprint density at radius 3 is 2.03 bits per heavy atom. The normalized spacial score (nSPS) is 17.3. The predicted octanol–water partition coefficient (Wildman–Crippen LogP) is 4.51. The lowest BCUT2D eigenvalue weighted by atomic mass is 9.91. The fourth-order valence-corrected chi connectivity index (χ4v) is 5.40. The van der Waals surface area contributed by atoms with Gasteiger partial charge in [0.2, 0.25) is 0 Å². The summed E-state index contributed by atoms with van der Waals surface area (Å²) in [5, 5.41) is 8.96. The molecule has 2 aliphatic rings. The number of amides is 1. The van der Waals surface area contributed by atoms with Crippen molar-refractivity contribution in [2.75, 3.05) is 39.3 Å². The molecule has 196 valence electrons. The monoisotopic (exact) mass is 511 g/mol. The van der Waals surface area contributed by atoms with Crippen molar-refractivity contribution in [2.45, 2.75) is 32.4 Å². The van der Waals surface area contributed by atoms with Gasteiger partial charge in [0.25, 0.3) is 5.91 Å². The van der Waals surface area contributed by atoms with Gasteiger partial charge in [0.15, 0.2) is 0 Å². The highest BCUT2D eigenvalue weighted by molar-refractivity contribution is 5.94. The average Bonchev–Trinajstić information content (AvgIpc) is 2.96. The van der Waals surface area contributed by atoms with Crippen molar-refractivity contribution in [2.24, 2.45) is 5.92 Å². The quantitative estimate of drug-likeness (QED) is 0.467. The minimum atomic E-state index is -0.217. The zero-order valence-electron chi connectivity index (χ0n) is 21.7. The van der Waals surface area contributed by atoms with Crippen molar-refractivity contribution < 1.29 is 9.18 Å². The Balaban J connectivity index is 1.05. The van der Waals surface area contributed by atoms with Crippen molar-refractivity contribution in [1.29, 1.82) is 5.26 Å². The maximum atomic E-state index is 13.1. The van der Waals surface area contributed by atoms with Crippen LogP contribution in [0.2, 0.25) is 0 Å². The molecule has 7 heteroatoms. The first-order valence-corrected chi connectivity index (χ1v) is 13.5. The predicted molar refractivity (Wildman–Crippen MR) is 145 cm³/mol. The summed E-state index contributed by atoms with van der Waals surface area (Å²) in [5.74, 6) is 0.433. The minimum absolute atomic E-state index is 0.0431. The third-order valence-corrected chi connectivity index (χ3v) is 7.74. The highest BCUT2D eigenvalue weighted by Crippen LogP contribution is 2.23. The van der Waals surface area contributed by atoms with Crippen molar-refractivity contribution >= 4 is 5.91 Å². The van der Waals surface area contributed by atoms with Gasteiger partial charge in [0.05, 0.1) is 17.2 Å². The maximum absolute atomic E-state index is 13.1. The number of nitrogens with zero attached hydrogens (tertiary/aromatic N) is 5. The van der Waals surface area contributed by atoms with E-state index in [2.05, 4.69) is 20.9 Å². The van der Waals surface area contributed by atoms with E-state index in [1.165, 1.54) is 17.7 Å². The first-order valence-electron chi connectivity index (χ1n) is 13.5. The summed E-state index contributed by atoms with van der Waals surface area (Å²) in [6.07, 6.45) is 4.96. The standard InChI is InChI=1S/C31H34FN5O/c32-29-8-5-27(6-9-29)23-36-15-17-37(18-16-36)31(38)28-7-10-30(34-21-28)19-24-11-13-35(14-12-24)22-26-3-1-25(20-33)2-4-26/h1-10,21,24H,11-19,22-23H2. The molecular weight excluding hydrogens is 477 g/mol. The zero-order chi connectivity index (χ0) is 26.3. The van der Waals surface area contributed by atoms with E-state index in [4.69, 9.17) is 5.26 Å². The second-order valence-electron chi connectivity index (χ2n) is 10.5. The molecule has 1 amide bonds. The maximum Gasteiger partial charge on any atom is 0.255 e. The molecule has 2 aliphatic heterocycles. The number of piperazine rings is 1. The lowest BCUT2D eigenvalue weighted by molar-refractivity contribution is 0.0628. The number of carbonyl (C=O) groups is 1. The van der Waals surface area contributed by atoms with E-state index in [1.807, 2.05) is 53.4 Å². The van der Waals surface area contributed by atoms with Crippen LogP contribution >= 0.6 is 0 Å². The van der Waals surface area contributed by atoms with Crippen LogP contribution in [0.4, 0.5) is 4.39 Å². The number of pyridine rings is 1. The number of benzene rings is 2. The van der Waals surface area contributed by atoms with Gasteiger partial charge in [0, 0.05) is 51.2 Å². The molecule has 3 heterocycles. The smallest absolute Gasteiger partial charge is 0.255 e. The Bertz CT molecular complexity index is 1240. The van der Waals surface area contributed by atoms with Gasteiger partial charge < -0.3 is 4.90 Å². The number of carbonyl (C=O) groups excluding carboxylic acids is 1. The molecule has 1 aromatic heterocycles. The Hall–Kier alpha value is -3.60.